The minimum atomic E-state index is -3.60. The number of rotatable bonds is 2. The maximum atomic E-state index is 12.6. The second-order valence-electron chi connectivity index (χ2n) is 6.33. The summed E-state index contributed by atoms with van der Waals surface area (Å²) in [6.07, 6.45) is 2.70. The van der Waals surface area contributed by atoms with Gasteiger partial charge in [0.2, 0.25) is 9.84 Å². The van der Waals surface area contributed by atoms with E-state index in [0.29, 0.717) is 18.7 Å². The highest BCUT2D eigenvalue weighted by molar-refractivity contribution is 7.92. The summed E-state index contributed by atoms with van der Waals surface area (Å²) in [5.41, 5.74) is -0.228. The monoisotopic (exact) mass is 327 g/mol. The molecule has 8 heteroatoms. The molecule has 1 aromatic heterocycles. The van der Waals surface area contributed by atoms with Gasteiger partial charge in [-0.05, 0) is 34.1 Å². The number of aromatic nitrogens is 2. The SMILES string of the molecule is Cc1nccnc1S(=O)(=O)[C@H]1CCN(C(=O)OC(C)(C)C)C1. The third-order valence-electron chi connectivity index (χ3n) is 3.34. The van der Waals surface area contributed by atoms with E-state index in [4.69, 9.17) is 4.74 Å². The molecule has 1 saturated heterocycles. The highest BCUT2D eigenvalue weighted by Gasteiger charge is 2.39. The molecule has 7 nitrogen and oxygen atoms in total. The molecule has 22 heavy (non-hydrogen) atoms. The fourth-order valence-electron chi connectivity index (χ4n) is 2.31. The van der Waals surface area contributed by atoms with Crippen LogP contribution >= 0.6 is 0 Å². The molecule has 122 valence electrons. The first-order valence-electron chi connectivity index (χ1n) is 7.11. The summed E-state index contributed by atoms with van der Waals surface area (Å²) in [6.45, 7) is 7.42. The third-order valence-corrected chi connectivity index (χ3v) is 5.54. The minimum Gasteiger partial charge on any atom is -0.444 e. The van der Waals surface area contributed by atoms with Crippen LogP contribution in [0.25, 0.3) is 0 Å². The van der Waals surface area contributed by atoms with Gasteiger partial charge in [-0.25, -0.2) is 18.2 Å². The van der Waals surface area contributed by atoms with Gasteiger partial charge in [0.05, 0.1) is 10.9 Å². The summed E-state index contributed by atoms with van der Waals surface area (Å²) in [4.78, 5) is 21.4. The van der Waals surface area contributed by atoms with E-state index >= 15 is 0 Å². The molecule has 1 aliphatic heterocycles. The number of sulfone groups is 1. The van der Waals surface area contributed by atoms with Gasteiger partial charge in [0.1, 0.15) is 5.60 Å². The molecule has 2 heterocycles. The lowest BCUT2D eigenvalue weighted by Crippen LogP contribution is -2.36. The van der Waals surface area contributed by atoms with Crippen LogP contribution in [0.2, 0.25) is 0 Å². The Labute approximate surface area is 130 Å². The van der Waals surface area contributed by atoms with Gasteiger partial charge in [-0.3, -0.25) is 4.98 Å². The standard InChI is InChI=1S/C14H21N3O4S/c1-10-12(16-7-6-15-10)22(19,20)11-5-8-17(9-11)13(18)21-14(2,3)4/h6-7,11H,5,8-9H2,1-4H3/t11-/m0/s1. The van der Waals surface area contributed by atoms with E-state index < -0.39 is 26.8 Å². The van der Waals surface area contributed by atoms with Crippen molar-refractivity contribution in [1.82, 2.24) is 14.9 Å². The number of carbonyl (C=O) groups is 1. The molecule has 2 rings (SSSR count). The Bertz CT molecular complexity index is 667. The van der Waals surface area contributed by atoms with E-state index in [2.05, 4.69) is 9.97 Å². The number of likely N-dealkylation sites (tertiary alicyclic amines) is 1. The maximum Gasteiger partial charge on any atom is 0.410 e. The van der Waals surface area contributed by atoms with Crippen LogP contribution in [0.5, 0.6) is 0 Å². The lowest BCUT2D eigenvalue weighted by molar-refractivity contribution is 0.0295. The predicted octanol–water partition coefficient (Wildman–Crippen LogP) is 1.57. The summed E-state index contributed by atoms with van der Waals surface area (Å²) < 4.78 is 30.5. The van der Waals surface area contributed by atoms with Crippen LogP contribution in [0.3, 0.4) is 0 Å². The molecule has 0 unspecified atom stereocenters. The van der Waals surface area contributed by atoms with Crippen molar-refractivity contribution < 1.29 is 17.9 Å². The molecular weight excluding hydrogens is 306 g/mol. The van der Waals surface area contributed by atoms with Gasteiger partial charge in [-0.2, -0.15) is 0 Å². The average molecular weight is 327 g/mol. The minimum absolute atomic E-state index is 0.00830. The van der Waals surface area contributed by atoms with Crippen molar-refractivity contribution in [2.45, 2.75) is 50.0 Å². The first kappa shape index (κ1) is 16.7. The fraction of sp³-hybridized carbons (Fsp3) is 0.643. The quantitative estimate of drug-likeness (QED) is 0.819. The molecule has 0 spiro atoms. The number of hydrogen-bond acceptors (Lipinski definition) is 6. The Morgan fingerprint density at radius 1 is 1.32 bits per heavy atom. The van der Waals surface area contributed by atoms with Crippen molar-refractivity contribution in [1.29, 1.82) is 0 Å². The van der Waals surface area contributed by atoms with E-state index in [-0.39, 0.29) is 11.6 Å². The van der Waals surface area contributed by atoms with Crippen molar-refractivity contribution in [3.8, 4) is 0 Å². The number of carbonyl (C=O) groups excluding carboxylic acids is 1. The smallest absolute Gasteiger partial charge is 0.410 e. The molecule has 1 atom stereocenters. The number of nitrogens with zero attached hydrogens (tertiary/aromatic N) is 3. The topological polar surface area (TPSA) is 89.5 Å². The number of amides is 1. The summed E-state index contributed by atoms with van der Waals surface area (Å²) in [6, 6.07) is 0. The Kier molecular flexibility index (Phi) is 4.42. The Morgan fingerprint density at radius 2 is 1.95 bits per heavy atom. The van der Waals surface area contributed by atoms with Gasteiger partial charge >= 0.3 is 6.09 Å². The van der Waals surface area contributed by atoms with Crippen LogP contribution in [0.4, 0.5) is 4.79 Å². The summed E-state index contributed by atoms with van der Waals surface area (Å²) in [5.74, 6) is 0. The van der Waals surface area contributed by atoms with Crippen LogP contribution in [0.1, 0.15) is 32.9 Å². The van der Waals surface area contributed by atoms with Gasteiger partial charge in [-0.15, -0.1) is 0 Å². The molecule has 0 aromatic carbocycles. The highest BCUT2D eigenvalue weighted by Crippen LogP contribution is 2.25. The predicted molar refractivity (Wildman–Crippen MR) is 80.2 cm³/mol. The molecular formula is C14H21N3O4S. The number of ether oxygens (including phenoxy) is 1. The first-order valence-corrected chi connectivity index (χ1v) is 8.65. The highest BCUT2D eigenvalue weighted by atomic mass is 32.2. The first-order chi connectivity index (χ1) is 10.1. The summed E-state index contributed by atoms with van der Waals surface area (Å²) in [7, 11) is -3.60. The van der Waals surface area contributed by atoms with Crippen LogP contribution in [0.15, 0.2) is 17.4 Å². The van der Waals surface area contributed by atoms with Crippen molar-refractivity contribution in [2.75, 3.05) is 13.1 Å². The lowest BCUT2D eigenvalue weighted by Gasteiger charge is -2.24. The molecule has 0 bridgehead atoms. The largest absolute Gasteiger partial charge is 0.444 e. The van der Waals surface area contributed by atoms with Crippen molar-refractivity contribution >= 4 is 15.9 Å². The maximum absolute atomic E-state index is 12.6. The zero-order chi connectivity index (χ0) is 16.5. The van der Waals surface area contributed by atoms with Crippen molar-refractivity contribution in [3.05, 3.63) is 18.1 Å². The summed E-state index contributed by atoms with van der Waals surface area (Å²) in [5, 5.41) is -0.679. The number of aryl methyl sites for hydroxylation is 1. The average Bonchev–Trinajstić information content (AvgIpc) is 2.87. The normalized spacial score (nSPS) is 19.3. The van der Waals surface area contributed by atoms with Crippen LogP contribution in [-0.4, -0.2) is 53.3 Å². The van der Waals surface area contributed by atoms with Gasteiger partial charge < -0.3 is 9.64 Å². The van der Waals surface area contributed by atoms with Gasteiger partial charge in [0.15, 0.2) is 5.03 Å². The molecule has 0 radical (unpaired) electrons. The van der Waals surface area contributed by atoms with Crippen LogP contribution < -0.4 is 0 Å². The Morgan fingerprint density at radius 3 is 2.55 bits per heavy atom. The third kappa shape index (κ3) is 3.55. The van der Waals surface area contributed by atoms with E-state index in [1.165, 1.54) is 17.3 Å². The molecule has 1 aliphatic rings. The van der Waals surface area contributed by atoms with E-state index in [9.17, 15) is 13.2 Å². The Hall–Kier alpha value is -1.70. The van der Waals surface area contributed by atoms with Gasteiger partial charge in [-0.1, -0.05) is 0 Å². The molecule has 0 N–H and O–H groups in total. The van der Waals surface area contributed by atoms with Gasteiger partial charge in [0.25, 0.3) is 0 Å². The fourth-order valence-corrected chi connectivity index (χ4v) is 4.09. The number of hydrogen-bond donors (Lipinski definition) is 0. The van der Waals surface area contributed by atoms with E-state index in [1.807, 2.05) is 0 Å². The van der Waals surface area contributed by atoms with Crippen LogP contribution in [-0.2, 0) is 14.6 Å². The molecule has 1 aromatic rings. The van der Waals surface area contributed by atoms with E-state index in [0.717, 1.165) is 0 Å². The van der Waals surface area contributed by atoms with Crippen LogP contribution in [0, 0.1) is 6.92 Å². The Balaban J connectivity index is 2.13. The lowest BCUT2D eigenvalue weighted by atomic mass is 10.2. The molecule has 1 amide bonds. The van der Waals surface area contributed by atoms with Crippen molar-refractivity contribution in [3.63, 3.8) is 0 Å². The molecule has 0 saturated carbocycles. The van der Waals surface area contributed by atoms with Gasteiger partial charge in [0, 0.05) is 25.5 Å². The second-order valence-corrected chi connectivity index (χ2v) is 8.47. The zero-order valence-corrected chi connectivity index (χ0v) is 14.1. The second kappa shape index (κ2) is 5.83. The molecule has 0 aliphatic carbocycles. The zero-order valence-electron chi connectivity index (χ0n) is 13.2. The van der Waals surface area contributed by atoms with E-state index in [1.54, 1.807) is 27.7 Å². The molecule has 1 fully saturated rings. The summed E-state index contributed by atoms with van der Waals surface area (Å²) >= 11 is 0. The van der Waals surface area contributed by atoms with Crippen molar-refractivity contribution in [2.24, 2.45) is 0 Å².